The largest absolute Gasteiger partial charge is 0.377 e. The highest BCUT2D eigenvalue weighted by Gasteiger charge is 2.24. The highest BCUT2D eigenvalue weighted by Crippen LogP contribution is 2.11. The molecule has 0 aromatic rings. The standard InChI is InChI=1S/C9H18N2O2/c1-7-8(4-5-13-7)10-6-9(12)11(2)3/h7-8,10H,4-6H2,1-3H3/t7-,8+/m0/s1. The number of carbonyl (C=O) groups excluding carboxylic acids is 1. The van der Waals surface area contributed by atoms with E-state index in [9.17, 15) is 4.79 Å². The Morgan fingerprint density at radius 2 is 2.31 bits per heavy atom. The maximum Gasteiger partial charge on any atom is 0.236 e. The van der Waals surface area contributed by atoms with Crippen LogP contribution >= 0.6 is 0 Å². The first-order valence-corrected chi connectivity index (χ1v) is 4.66. The van der Waals surface area contributed by atoms with Crippen LogP contribution in [0.1, 0.15) is 13.3 Å². The topological polar surface area (TPSA) is 41.6 Å². The smallest absolute Gasteiger partial charge is 0.236 e. The van der Waals surface area contributed by atoms with Crippen molar-refractivity contribution in [1.82, 2.24) is 10.2 Å². The van der Waals surface area contributed by atoms with Crippen LogP contribution < -0.4 is 5.32 Å². The SMILES string of the molecule is C[C@@H]1OCC[C@H]1NCC(=O)N(C)C. The van der Waals surface area contributed by atoms with E-state index in [0.717, 1.165) is 13.0 Å². The number of carbonyl (C=O) groups is 1. The Morgan fingerprint density at radius 1 is 1.62 bits per heavy atom. The van der Waals surface area contributed by atoms with Gasteiger partial charge in [0, 0.05) is 26.7 Å². The molecule has 0 aromatic carbocycles. The highest BCUT2D eigenvalue weighted by atomic mass is 16.5. The minimum atomic E-state index is 0.110. The summed E-state index contributed by atoms with van der Waals surface area (Å²) in [6.07, 6.45) is 1.23. The van der Waals surface area contributed by atoms with Gasteiger partial charge in [0.2, 0.25) is 5.91 Å². The maximum atomic E-state index is 11.2. The molecule has 0 unspecified atom stereocenters. The second kappa shape index (κ2) is 4.58. The molecule has 1 aliphatic heterocycles. The molecule has 2 atom stereocenters. The van der Waals surface area contributed by atoms with Crippen molar-refractivity contribution in [3.63, 3.8) is 0 Å². The monoisotopic (exact) mass is 186 g/mol. The predicted octanol–water partition coefficient (Wildman–Crippen LogP) is -0.158. The van der Waals surface area contributed by atoms with Crippen LogP contribution in [0.25, 0.3) is 0 Å². The molecule has 1 saturated heterocycles. The van der Waals surface area contributed by atoms with E-state index in [-0.39, 0.29) is 12.0 Å². The molecule has 0 aliphatic carbocycles. The Bertz CT molecular complexity index is 182. The number of rotatable bonds is 3. The van der Waals surface area contributed by atoms with Gasteiger partial charge in [-0.25, -0.2) is 0 Å². The van der Waals surface area contributed by atoms with E-state index in [1.54, 1.807) is 19.0 Å². The number of amides is 1. The lowest BCUT2D eigenvalue weighted by atomic mass is 10.1. The van der Waals surface area contributed by atoms with E-state index in [1.165, 1.54) is 0 Å². The molecule has 1 aliphatic rings. The van der Waals surface area contributed by atoms with Crippen LogP contribution in [0.5, 0.6) is 0 Å². The van der Waals surface area contributed by atoms with Crippen molar-refractivity contribution in [2.45, 2.75) is 25.5 Å². The van der Waals surface area contributed by atoms with Gasteiger partial charge in [0.25, 0.3) is 0 Å². The molecule has 1 fully saturated rings. The molecule has 76 valence electrons. The Hall–Kier alpha value is -0.610. The summed E-state index contributed by atoms with van der Waals surface area (Å²) < 4.78 is 5.37. The van der Waals surface area contributed by atoms with Crippen molar-refractivity contribution in [2.75, 3.05) is 27.2 Å². The fraction of sp³-hybridized carbons (Fsp3) is 0.889. The maximum absolute atomic E-state index is 11.2. The lowest BCUT2D eigenvalue weighted by Crippen LogP contribution is -2.41. The second-order valence-electron chi connectivity index (χ2n) is 3.64. The number of likely N-dealkylation sites (N-methyl/N-ethyl adjacent to an activating group) is 1. The van der Waals surface area contributed by atoms with E-state index in [4.69, 9.17) is 4.74 Å². The van der Waals surface area contributed by atoms with E-state index in [1.807, 2.05) is 6.92 Å². The summed E-state index contributed by atoms with van der Waals surface area (Å²) in [5.41, 5.74) is 0. The zero-order valence-electron chi connectivity index (χ0n) is 8.54. The third-order valence-electron chi connectivity index (χ3n) is 2.39. The minimum Gasteiger partial charge on any atom is -0.377 e. The Labute approximate surface area is 79.2 Å². The quantitative estimate of drug-likeness (QED) is 0.666. The summed E-state index contributed by atoms with van der Waals surface area (Å²) in [5.74, 6) is 0.110. The Kier molecular flexibility index (Phi) is 3.69. The molecule has 0 aromatic heterocycles. The second-order valence-corrected chi connectivity index (χ2v) is 3.64. The van der Waals surface area contributed by atoms with Crippen LogP contribution in [-0.2, 0) is 9.53 Å². The van der Waals surface area contributed by atoms with Gasteiger partial charge in [-0.3, -0.25) is 4.79 Å². The van der Waals surface area contributed by atoms with Crippen LogP contribution in [0.4, 0.5) is 0 Å². The average Bonchev–Trinajstić information content (AvgIpc) is 2.47. The molecule has 1 N–H and O–H groups in total. The van der Waals surface area contributed by atoms with Crippen LogP contribution in [0.3, 0.4) is 0 Å². The molecular weight excluding hydrogens is 168 g/mol. The van der Waals surface area contributed by atoms with Gasteiger partial charge in [0.15, 0.2) is 0 Å². The predicted molar refractivity (Wildman–Crippen MR) is 50.5 cm³/mol. The summed E-state index contributed by atoms with van der Waals surface area (Å²) in [4.78, 5) is 12.8. The van der Waals surface area contributed by atoms with Crippen LogP contribution in [0.2, 0.25) is 0 Å². The van der Waals surface area contributed by atoms with Gasteiger partial charge in [-0.15, -0.1) is 0 Å². The first-order valence-electron chi connectivity index (χ1n) is 4.66. The van der Waals surface area contributed by atoms with Gasteiger partial charge >= 0.3 is 0 Å². The number of hydrogen-bond acceptors (Lipinski definition) is 3. The van der Waals surface area contributed by atoms with Crippen molar-refractivity contribution in [3.05, 3.63) is 0 Å². The number of nitrogens with one attached hydrogen (secondary N) is 1. The molecule has 1 rings (SSSR count). The summed E-state index contributed by atoms with van der Waals surface area (Å²) in [7, 11) is 3.52. The molecular formula is C9H18N2O2. The highest BCUT2D eigenvalue weighted by molar-refractivity contribution is 5.77. The molecule has 4 heteroatoms. The third kappa shape index (κ3) is 2.97. The van der Waals surface area contributed by atoms with E-state index < -0.39 is 0 Å². The first-order chi connectivity index (χ1) is 6.11. The van der Waals surface area contributed by atoms with Crippen molar-refractivity contribution < 1.29 is 9.53 Å². The summed E-state index contributed by atoms with van der Waals surface area (Å²) in [6, 6.07) is 0.337. The van der Waals surface area contributed by atoms with Crippen molar-refractivity contribution in [2.24, 2.45) is 0 Å². The van der Waals surface area contributed by atoms with Gasteiger partial charge in [0.05, 0.1) is 12.6 Å². The zero-order chi connectivity index (χ0) is 9.84. The summed E-state index contributed by atoms with van der Waals surface area (Å²) >= 11 is 0. The van der Waals surface area contributed by atoms with Gasteiger partial charge in [-0.1, -0.05) is 0 Å². The number of ether oxygens (including phenoxy) is 1. The van der Waals surface area contributed by atoms with Gasteiger partial charge in [-0.2, -0.15) is 0 Å². The molecule has 1 heterocycles. The van der Waals surface area contributed by atoms with Crippen LogP contribution in [0.15, 0.2) is 0 Å². The lowest BCUT2D eigenvalue weighted by Gasteiger charge is -2.17. The van der Waals surface area contributed by atoms with Gasteiger partial charge in [0.1, 0.15) is 0 Å². The summed E-state index contributed by atoms with van der Waals surface area (Å²) in [6.45, 7) is 3.24. The fourth-order valence-corrected chi connectivity index (χ4v) is 1.38. The average molecular weight is 186 g/mol. The molecule has 0 saturated carbocycles. The zero-order valence-corrected chi connectivity index (χ0v) is 8.54. The Balaban J connectivity index is 2.22. The molecule has 4 nitrogen and oxygen atoms in total. The molecule has 1 amide bonds. The van der Waals surface area contributed by atoms with Gasteiger partial charge < -0.3 is 15.0 Å². The van der Waals surface area contributed by atoms with Crippen molar-refractivity contribution >= 4 is 5.91 Å². The van der Waals surface area contributed by atoms with E-state index in [0.29, 0.717) is 12.6 Å². The first kappa shape index (κ1) is 10.5. The molecule has 0 radical (unpaired) electrons. The lowest BCUT2D eigenvalue weighted by molar-refractivity contribution is -0.127. The third-order valence-corrected chi connectivity index (χ3v) is 2.39. The molecule has 0 spiro atoms. The number of nitrogens with zero attached hydrogens (tertiary/aromatic N) is 1. The normalized spacial score (nSPS) is 27.6. The van der Waals surface area contributed by atoms with Crippen molar-refractivity contribution in [1.29, 1.82) is 0 Å². The van der Waals surface area contributed by atoms with Crippen molar-refractivity contribution in [3.8, 4) is 0 Å². The summed E-state index contributed by atoms with van der Waals surface area (Å²) in [5, 5.41) is 3.20. The van der Waals surface area contributed by atoms with E-state index in [2.05, 4.69) is 5.32 Å². The fourth-order valence-electron chi connectivity index (χ4n) is 1.38. The van der Waals surface area contributed by atoms with E-state index >= 15 is 0 Å². The van der Waals surface area contributed by atoms with Crippen LogP contribution in [0, 0.1) is 0 Å². The minimum absolute atomic E-state index is 0.110. The van der Waals surface area contributed by atoms with Crippen LogP contribution in [-0.4, -0.2) is 50.2 Å². The number of hydrogen-bond donors (Lipinski definition) is 1. The van der Waals surface area contributed by atoms with Gasteiger partial charge in [-0.05, 0) is 13.3 Å². The Morgan fingerprint density at radius 3 is 2.77 bits per heavy atom. The molecule has 13 heavy (non-hydrogen) atoms. The molecule has 0 bridgehead atoms.